The largest absolute Gasteiger partial charge is 0.507 e. The molecule has 0 bridgehead atoms. The molecule has 72 valence electrons. The van der Waals surface area contributed by atoms with Gasteiger partial charge < -0.3 is 5.11 Å². The Morgan fingerprint density at radius 2 is 2.00 bits per heavy atom. The summed E-state index contributed by atoms with van der Waals surface area (Å²) in [5.41, 5.74) is 0.293. The van der Waals surface area contributed by atoms with Gasteiger partial charge in [0.25, 0.3) is 0 Å². The Morgan fingerprint density at radius 1 is 1.21 bits per heavy atom. The van der Waals surface area contributed by atoms with Crippen LogP contribution in [0.15, 0.2) is 35.8 Å². The highest BCUT2D eigenvalue weighted by molar-refractivity contribution is 5.95. The monoisotopic (exact) mass is 210 g/mol. The van der Waals surface area contributed by atoms with Crippen LogP contribution in [0.3, 0.4) is 0 Å². The van der Waals surface area contributed by atoms with E-state index >= 15 is 0 Å². The van der Waals surface area contributed by atoms with Crippen LogP contribution in [-0.4, -0.2) is 10.1 Å². The smallest absolute Gasteiger partial charge is 0.123 e. The van der Waals surface area contributed by atoms with Gasteiger partial charge in [0.1, 0.15) is 11.4 Å². The lowest BCUT2D eigenvalue weighted by Gasteiger charge is -2.00. The number of pyridine rings is 1. The average Bonchev–Trinajstić information content (AvgIpc) is 2.19. The maximum absolute atomic E-state index is 10.4. The molecule has 14 heavy (non-hydrogen) atoms. The standard InChI is InChI=1S/C9H6N2O2.ClH/c12-9-2-1-8(11-13)7-5-10-4-3-6(7)9;/h1-5,12H;1H. The summed E-state index contributed by atoms with van der Waals surface area (Å²) in [5, 5.41) is 13.4. The number of nitroso groups, excluding NO2 is 1. The number of aromatic nitrogens is 1. The van der Waals surface area contributed by atoms with E-state index < -0.39 is 0 Å². The quantitative estimate of drug-likeness (QED) is 0.737. The van der Waals surface area contributed by atoms with Crippen LogP contribution >= 0.6 is 12.4 Å². The van der Waals surface area contributed by atoms with E-state index in [0.717, 1.165) is 0 Å². The number of hydrogen-bond acceptors (Lipinski definition) is 4. The van der Waals surface area contributed by atoms with Crippen molar-refractivity contribution < 1.29 is 5.11 Å². The van der Waals surface area contributed by atoms with Gasteiger partial charge in [0.05, 0.1) is 0 Å². The molecule has 4 nitrogen and oxygen atoms in total. The molecule has 1 aromatic heterocycles. The van der Waals surface area contributed by atoms with Crippen LogP contribution in [0.5, 0.6) is 5.75 Å². The van der Waals surface area contributed by atoms with Gasteiger partial charge in [-0.1, -0.05) is 0 Å². The molecule has 0 amide bonds. The molecule has 0 saturated carbocycles. The molecular formula is C9H7ClN2O2. The first-order valence-electron chi connectivity index (χ1n) is 3.72. The first kappa shape index (κ1) is 10.4. The number of fused-ring (bicyclic) bond motifs is 1. The van der Waals surface area contributed by atoms with Gasteiger partial charge in [-0.05, 0) is 23.4 Å². The third kappa shape index (κ3) is 1.52. The summed E-state index contributed by atoms with van der Waals surface area (Å²) in [5.74, 6) is 0.129. The molecule has 0 spiro atoms. The highest BCUT2D eigenvalue weighted by atomic mass is 35.5. The minimum Gasteiger partial charge on any atom is -0.507 e. The Labute approximate surface area is 86.0 Å². The number of halogens is 1. The number of nitrogens with zero attached hydrogens (tertiary/aromatic N) is 2. The number of benzene rings is 1. The van der Waals surface area contributed by atoms with Gasteiger partial charge in [0.2, 0.25) is 0 Å². The third-order valence-corrected chi connectivity index (χ3v) is 1.87. The van der Waals surface area contributed by atoms with Crippen molar-refractivity contribution in [2.75, 3.05) is 0 Å². The van der Waals surface area contributed by atoms with Crippen LogP contribution in [0.25, 0.3) is 10.8 Å². The zero-order valence-electron chi connectivity index (χ0n) is 7.04. The SMILES string of the molecule is Cl.O=Nc1ccc(O)c2ccncc12. The summed E-state index contributed by atoms with van der Waals surface area (Å²) >= 11 is 0. The van der Waals surface area contributed by atoms with Gasteiger partial charge in [-0.2, -0.15) is 0 Å². The maximum Gasteiger partial charge on any atom is 0.123 e. The Balaban J connectivity index is 0.000000980. The number of rotatable bonds is 1. The summed E-state index contributed by atoms with van der Waals surface area (Å²) in [4.78, 5) is 14.2. The topological polar surface area (TPSA) is 62.5 Å². The van der Waals surface area contributed by atoms with E-state index in [4.69, 9.17) is 0 Å². The Hall–Kier alpha value is -1.68. The molecule has 1 heterocycles. The van der Waals surface area contributed by atoms with Gasteiger partial charge in [0.15, 0.2) is 0 Å². The molecule has 5 heteroatoms. The fourth-order valence-electron chi connectivity index (χ4n) is 1.24. The van der Waals surface area contributed by atoms with E-state index in [1.807, 2.05) is 0 Å². The van der Waals surface area contributed by atoms with Gasteiger partial charge in [-0.25, -0.2) is 0 Å². The zero-order valence-corrected chi connectivity index (χ0v) is 7.86. The third-order valence-electron chi connectivity index (χ3n) is 1.87. The van der Waals surface area contributed by atoms with Crippen molar-refractivity contribution >= 4 is 28.9 Å². The minimum absolute atomic E-state index is 0. The summed E-state index contributed by atoms with van der Waals surface area (Å²) in [6.07, 6.45) is 3.06. The van der Waals surface area contributed by atoms with Crippen LogP contribution in [-0.2, 0) is 0 Å². The molecule has 0 radical (unpaired) electrons. The van der Waals surface area contributed by atoms with E-state index in [0.29, 0.717) is 16.5 Å². The van der Waals surface area contributed by atoms with Crippen molar-refractivity contribution in [2.24, 2.45) is 5.18 Å². The van der Waals surface area contributed by atoms with Crippen LogP contribution < -0.4 is 0 Å². The summed E-state index contributed by atoms with van der Waals surface area (Å²) in [6, 6.07) is 4.55. The first-order valence-corrected chi connectivity index (χ1v) is 3.72. The second kappa shape index (κ2) is 4.02. The first-order chi connectivity index (χ1) is 6.33. The predicted molar refractivity (Wildman–Crippen MR) is 56.1 cm³/mol. The lowest BCUT2D eigenvalue weighted by Crippen LogP contribution is -1.76. The van der Waals surface area contributed by atoms with Crippen LogP contribution in [0.2, 0.25) is 0 Å². The highest BCUT2D eigenvalue weighted by Gasteiger charge is 2.04. The lowest BCUT2D eigenvalue weighted by molar-refractivity contribution is 0.481. The molecule has 1 N–H and O–H groups in total. The lowest BCUT2D eigenvalue weighted by atomic mass is 10.1. The number of hydrogen-bond donors (Lipinski definition) is 1. The molecule has 0 aliphatic carbocycles. The summed E-state index contributed by atoms with van der Waals surface area (Å²) in [7, 11) is 0. The fourth-order valence-corrected chi connectivity index (χ4v) is 1.24. The van der Waals surface area contributed by atoms with Crippen molar-refractivity contribution in [3.8, 4) is 5.75 Å². The van der Waals surface area contributed by atoms with Crippen LogP contribution in [0, 0.1) is 4.91 Å². The van der Waals surface area contributed by atoms with E-state index in [2.05, 4.69) is 10.2 Å². The van der Waals surface area contributed by atoms with E-state index in [1.54, 1.807) is 12.3 Å². The van der Waals surface area contributed by atoms with Gasteiger partial charge in [-0.3, -0.25) is 4.98 Å². The number of aromatic hydroxyl groups is 1. The van der Waals surface area contributed by atoms with Gasteiger partial charge in [0, 0.05) is 23.2 Å². The molecule has 0 fully saturated rings. The second-order valence-electron chi connectivity index (χ2n) is 2.62. The van der Waals surface area contributed by atoms with Gasteiger partial charge in [-0.15, -0.1) is 17.3 Å². The van der Waals surface area contributed by atoms with Crippen molar-refractivity contribution in [3.63, 3.8) is 0 Å². The second-order valence-corrected chi connectivity index (χ2v) is 2.62. The van der Waals surface area contributed by atoms with E-state index in [-0.39, 0.29) is 18.2 Å². The van der Waals surface area contributed by atoms with Crippen LogP contribution in [0.1, 0.15) is 0 Å². The molecule has 0 atom stereocenters. The Kier molecular flexibility index (Phi) is 2.99. The fraction of sp³-hybridized carbons (Fsp3) is 0. The summed E-state index contributed by atoms with van der Waals surface area (Å²) < 4.78 is 0. The molecular weight excluding hydrogens is 204 g/mol. The van der Waals surface area contributed by atoms with Crippen molar-refractivity contribution in [1.29, 1.82) is 0 Å². The van der Waals surface area contributed by atoms with E-state index in [9.17, 15) is 10.0 Å². The zero-order chi connectivity index (χ0) is 9.26. The highest BCUT2D eigenvalue weighted by Crippen LogP contribution is 2.31. The minimum atomic E-state index is 0. The maximum atomic E-state index is 10.4. The predicted octanol–water partition coefficient (Wildman–Crippen LogP) is 2.76. The number of phenols is 1. The molecule has 0 aliphatic rings. The average molecular weight is 211 g/mol. The van der Waals surface area contributed by atoms with Crippen molar-refractivity contribution in [3.05, 3.63) is 35.5 Å². The summed E-state index contributed by atoms with van der Waals surface area (Å²) in [6.45, 7) is 0. The van der Waals surface area contributed by atoms with Crippen molar-refractivity contribution in [2.45, 2.75) is 0 Å². The van der Waals surface area contributed by atoms with Gasteiger partial charge >= 0.3 is 0 Å². The molecule has 0 saturated heterocycles. The molecule has 0 unspecified atom stereocenters. The van der Waals surface area contributed by atoms with Crippen LogP contribution in [0.4, 0.5) is 5.69 Å². The Bertz CT molecular complexity index is 473. The molecule has 0 aliphatic heterocycles. The van der Waals surface area contributed by atoms with Crippen molar-refractivity contribution in [1.82, 2.24) is 4.98 Å². The molecule has 2 aromatic rings. The normalized spacial score (nSPS) is 9.43. The molecule has 2 rings (SSSR count). The molecule has 1 aromatic carbocycles. The number of phenolic OH excluding ortho intramolecular Hbond substituents is 1. The van der Waals surface area contributed by atoms with E-state index in [1.165, 1.54) is 18.3 Å². The Morgan fingerprint density at radius 3 is 2.71 bits per heavy atom.